The van der Waals surface area contributed by atoms with E-state index in [-0.39, 0.29) is 0 Å². The fourth-order valence-electron chi connectivity index (χ4n) is 1.74. The maximum atomic E-state index is 8.74. The summed E-state index contributed by atoms with van der Waals surface area (Å²) in [5.74, 6) is 0. The Labute approximate surface area is 112 Å². The Morgan fingerprint density at radius 1 is 1.11 bits per heavy atom. The maximum absolute atomic E-state index is 8.74. The SMILES string of the molecule is N#Cc1cc(COCCCc2ccncc2)ccn1. The van der Waals surface area contributed by atoms with Gasteiger partial charge in [0.2, 0.25) is 0 Å². The van der Waals surface area contributed by atoms with Crippen LogP contribution in [0.2, 0.25) is 0 Å². The van der Waals surface area contributed by atoms with Gasteiger partial charge in [-0.2, -0.15) is 5.26 Å². The van der Waals surface area contributed by atoms with Gasteiger partial charge < -0.3 is 4.74 Å². The van der Waals surface area contributed by atoms with Crippen molar-refractivity contribution in [2.24, 2.45) is 0 Å². The normalized spacial score (nSPS) is 10.1. The summed E-state index contributed by atoms with van der Waals surface area (Å²) in [5.41, 5.74) is 2.68. The van der Waals surface area contributed by atoms with Crippen LogP contribution >= 0.6 is 0 Å². The van der Waals surface area contributed by atoms with Gasteiger partial charge in [0.05, 0.1) is 6.61 Å². The highest BCUT2D eigenvalue weighted by Crippen LogP contribution is 2.05. The Kier molecular flexibility index (Phi) is 5.03. The van der Waals surface area contributed by atoms with Crippen molar-refractivity contribution in [2.45, 2.75) is 19.4 Å². The van der Waals surface area contributed by atoms with Crippen LogP contribution in [0.5, 0.6) is 0 Å². The van der Waals surface area contributed by atoms with Crippen LogP contribution < -0.4 is 0 Å². The molecule has 0 unspecified atom stereocenters. The minimum atomic E-state index is 0.429. The molecule has 0 saturated heterocycles. The van der Waals surface area contributed by atoms with E-state index >= 15 is 0 Å². The van der Waals surface area contributed by atoms with E-state index in [0.717, 1.165) is 18.4 Å². The van der Waals surface area contributed by atoms with Crippen LogP contribution in [0.3, 0.4) is 0 Å². The Bertz CT molecular complexity index is 549. The quantitative estimate of drug-likeness (QED) is 0.742. The lowest BCUT2D eigenvalue weighted by Crippen LogP contribution is -1.98. The van der Waals surface area contributed by atoms with Gasteiger partial charge in [0.15, 0.2) is 0 Å². The number of nitrogens with zero attached hydrogens (tertiary/aromatic N) is 3. The molecule has 4 nitrogen and oxygen atoms in total. The Balaban J connectivity index is 1.68. The monoisotopic (exact) mass is 253 g/mol. The first-order valence-corrected chi connectivity index (χ1v) is 6.20. The van der Waals surface area contributed by atoms with Crippen LogP contribution in [0, 0.1) is 11.3 Å². The zero-order valence-corrected chi connectivity index (χ0v) is 10.6. The molecule has 0 aliphatic carbocycles. The lowest BCUT2D eigenvalue weighted by atomic mass is 10.1. The smallest absolute Gasteiger partial charge is 0.140 e. The number of hydrogen-bond acceptors (Lipinski definition) is 4. The van der Waals surface area contributed by atoms with E-state index in [1.54, 1.807) is 24.7 Å². The fraction of sp³-hybridized carbons (Fsp3) is 0.267. The molecule has 0 radical (unpaired) electrons. The predicted octanol–water partition coefficient (Wildman–Crippen LogP) is 2.50. The highest BCUT2D eigenvalue weighted by Gasteiger charge is 1.97. The first-order valence-electron chi connectivity index (χ1n) is 6.20. The highest BCUT2D eigenvalue weighted by atomic mass is 16.5. The molecule has 4 heteroatoms. The first-order chi connectivity index (χ1) is 9.38. The summed E-state index contributed by atoms with van der Waals surface area (Å²) in [5, 5.41) is 8.74. The molecule has 2 aromatic rings. The molecule has 0 aromatic carbocycles. The second-order valence-corrected chi connectivity index (χ2v) is 4.17. The van der Waals surface area contributed by atoms with E-state index in [4.69, 9.17) is 10.00 Å². The fourth-order valence-corrected chi connectivity index (χ4v) is 1.74. The molecule has 0 atom stereocenters. The molecular formula is C15H15N3O. The molecule has 0 amide bonds. The van der Waals surface area contributed by atoms with E-state index < -0.39 is 0 Å². The van der Waals surface area contributed by atoms with Crippen LogP contribution in [0.25, 0.3) is 0 Å². The third-order valence-electron chi connectivity index (χ3n) is 2.71. The van der Waals surface area contributed by atoms with Gasteiger partial charge in [-0.15, -0.1) is 0 Å². The molecule has 2 heterocycles. The average molecular weight is 253 g/mol. The standard InChI is InChI=1S/C15H15N3O/c16-11-15-10-14(5-8-18-15)12-19-9-1-2-13-3-6-17-7-4-13/h3-8,10H,1-2,9,12H2. The van der Waals surface area contributed by atoms with Crippen LogP contribution in [0.15, 0.2) is 42.9 Å². The molecule has 0 bridgehead atoms. The van der Waals surface area contributed by atoms with E-state index in [2.05, 4.69) is 9.97 Å². The Hall–Kier alpha value is -2.25. The molecule has 0 spiro atoms. The maximum Gasteiger partial charge on any atom is 0.140 e. The molecule has 2 rings (SSSR count). The molecule has 0 aliphatic rings. The number of nitriles is 1. The minimum Gasteiger partial charge on any atom is -0.377 e. The summed E-state index contributed by atoms with van der Waals surface area (Å²) in [6, 6.07) is 9.67. The van der Waals surface area contributed by atoms with Crippen LogP contribution in [0.1, 0.15) is 23.2 Å². The second-order valence-electron chi connectivity index (χ2n) is 4.17. The van der Waals surface area contributed by atoms with Crippen molar-refractivity contribution in [1.29, 1.82) is 5.26 Å². The van der Waals surface area contributed by atoms with E-state index in [0.29, 0.717) is 18.9 Å². The van der Waals surface area contributed by atoms with Gasteiger partial charge in [-0.1, -0.05) is 0 Å². The zero-order chi connectivity index (χ0) is 13.3. The lowest BCUT2D eigenvalue weighted by molar-refractivity contribution is 0.118. The van der Waals surface area contributed by atoms with Gasteiger partial charge in [0.25, 0.3) is 0 Å². The number of aromatic nitrogens is 2. The van der Waals surface area contributed by atoms with Gasteiger partial charge in [-0.05, 0) is 48.2 Å². The molecule has 0 aliphatic heterocycles. The highest BCUT2D eigenvalue weighted by molar-refractivity contribution is 5.24. The molecule has 2 aromatic heterocycles. The summed E-state index contributed by atoms with van der Waals surface area (Å²) < 4.78 is 5.59. The lowest BCUT2D eigenvalue weighted by Gasteiger charge is -2.04. The van der Waals surface area contributed by atoms with Crippen molar-refractivity contribution in [1.82, 2.24) is 9.97 Å². The number of hydrogen-bond donors (Lipinski definition) is 0. The summed E-state index contributed by atoms with van der Waals surface area (Å²) in [7, 11) is 0. The van der Waals surface area contributed by atoms with Gasteiger partial charge in [-0.3, -0.25) is 4.98 Å². The van der Waals surface area contributed by atoms with Gasteiger partial charge >= 0.3 is 0 Å². The minimum absolute atomic E-state index is 0.429. The molecular weight excluding hydrogens is 238 g/mol. The van der Waals surface area contributed by atoms with Gasteiger partial charge in [-0.25, -0.2) is 4.98 Å². The van der Waals surface area contributed by atoms with Crippen LogP contribution in [-0.4, -0.2) is 16.6 Å². The predicted molar refractivity (Wildman–Crippen MR) is 71.2 cm³/mol. The number of rotatable bonds is 6. The molecule has 0 N–H and O–H groups in total. The third kappa shape index (κ3) is 4.49. The average Bonchev–Trinajstić information content (AvgIpc) is 2.48. The zero-order valence-electron chi connectivity index (χ0n) is 10.6. The van der Waals surface area contributed by atoms with Crippen molar-refractivity contribution < 1.29 is 4.74 Å². The van der Waals surface area contributed by atoms with Crippen molar-refractivity contribution in [3.8, 4) is 6.07 Å². The third-order valence-corrected chi connectivity index (χ3v) is 2.71. The largest absolute Gasteiger partial charge is 0.377 e. The Morgan fingerprint density at radius 2 is 1.89 bits per heavy atom. The van der Waals surface area contributed by atoms with Crippen molar-refractivity contribution in [3.05, 3.63) is 59.7 Å². The molecule has 96 valence electrons. The molecule has 0 fully saturated rings. The Morgan fingerprint density at radius 3 is 2.68 bits per heavy atom. The summed E-state index contributed by atoms with van der Waals surface area (Å²) in [4.78, 5) is 7.90. The number of ether oxygens (including phenoxy) is 1. The van der Waals surface area contributed by atoms with E-state index in [9.17, 15) is 0 Å². The summed E-state index contributed by atoms with van der Waals surface area (Å²) in [6.07, 6.45) is 7.20. The molecule has 19 heavy (non-hydrogen) atoms. The van der Waals surface area contributed by atoms with Crippen molar-refractivity contribution in [2.75, 3.05) is 6.61 Å². The topological polar surface area (TPSA) is 58.8 Å². The van der Waals surface area contributed by atoms with Crippen LogP contribution in [0.4, 0.5) is 0 Å². The van der Waals surface area contributed by atoms with Gasteiger partial charge in [0.1, 0.15) is 11.8 Å². The summed E-state index contributed by atoms with van der Waals surface area (Å²) in [6.45, 7) is 1.22. The number of pyridine rings is 2. The first kappa shape index (κ1) is 13.2. The second kappa shape index (κ2) is 7.24. The molecule has 0 saturated carbocycles. The summed E-state index contributed by atoms with van der Waals surface area (Å²) >= 11 is 0. The van der Waals surface area contributed by atoms with Gasteiger partial charge in [0, 0.05) is 25.2 Å². The van der Waals surface area contributed by atoms with E-state index in [1.165, 1.54) is 5.56 Å². The van der Waals surface area contributed by atoms with Crippen LogP contribution in [-0.2, 0) is 17.8 Å². The number of aryl methyl sites for hydroxylation is 1. The van der Waals surface area contributed by atoms with Crippen molar-refractivity contribution >= 4 is 0 Å². The van der Waals surface area contributed by atoms with E-state index in [1.807, 2.05) is 24.3 Å². The van der Waals surface area contributed by atoms with Crippen molar-refractivity contribution in [3.63, 3.8) is 0 Å².